The van der Waals surface area contributed by atoms with Crippen LogP contribution in [0.5, 0.6) is 0 Å². The van der Waals surface area contributed by atoms with E-state index in [4.69, 9.17) is 25.8 Å². The van der Waals surface area contributed by atoms with E-state index in [1.54, 1.807) is 46.2 Å². The van der Waals surface area contributed by atoms with E-state index < -0.39 is 36.0 Å². The number of carboxylic acid groups (broad SMARTS) is 1. The van der Waals surface area contributed by atoms with Crippen LogP contribution in [0.25, 0.3) is 5.76 Å². The lowest BCUT2D eigenvalue weighted by Crippen LogP contribution is -2.43. The molecule has 2 aliphatic rings. The topological polar surface area (TPSA) is 97.3 Å². The third-order valence-corrected chi connectivity index (χ3v) is 4.89. The molecule has 0 aliphatic carbocycles. The summed E-state index contributed by atoms with van der Waals surface area (Å²) < 4.78 is 16.9. The number of hydrogen-bond donors (Lipinski definition) is 2. The Morgan fingerprint density at radius 3 is 2.66 bits per heavy atom. The Hall–Kier alpha value is -2.45. The molecule has 1 aromatic rings. The van der Waals surface area contributed by atoms with Gasteiger partial charge < -0.3 is 24.6 Å². The van der Waals surface area contributed by atoms with Crippen LogP contribution in [-0.4, -0.2) is 53.5 Å². The summed E-state index contributed by atoms with van der Waals surface area (Å²) in [6.07, 6.45) is 0.128. The van der Waals surface area contributed by atoms with Crippen LogP contribution in [0.3, 0.4) is 0 Å². The van der Waals surface area contributed by atoms with Gasteiger partial charge in [-0.25, -0.2) is 9.59 Å². The normalized spacial score (nSPS) is 23.7. The quantitative estimate of drug-likeness (QED) is 0.764. The largest absolute Gasteiger partial charge is 0.495 e. The van der Waals surface area contributed by atoms with E-state index in [1.165, 1.54) is 4.90 Å². The molecule has 0 bridgehead atoms. The van der Waals surface area contributed by atoms with Gasteiger partial charge in [0, 0.05) is 28.8 Å². The fourth-order valence-corrected chi connectivity index (χ4v) is 3.60. The van der Waals surface area contributed by atoms with E-state index >= 15 is 0 Å². The fraction of sp³-hybridized carbons (Fsp3) is 0.500. The van der Waals surface area contributed by atoms with Crippen molar-refractivity contribution < 1.29 is 28.9 Å². The van der Waals surface area contributed by atoms with Crippen molar-refractivity contribution in [2.45, 2.75) is 51.2 Å². The first-order valence-electron chi connectivity index (χ1n) is 9.27. The lowest BCUT2D eigenvalue weighted by molar-refractivity contribution is -0.142. The number of nitrogens with one attached hydrogen (secondary N) is 1. The van der Waals surface area contributed by atoms with Crippen molar-refractivity contribution in [1.29, 1.82) is 0 Å². The van der Waals surface area contributed by atoms with Gasteiger partial charge in [0.25, 0.3) is 0 Å². The molecule has 1 amide bonds. The van der Waals surface area contributed by atoms with Crippen molar-refractivity contribution in [3.63, 3.8) is 0 Å². The molecule has 3 rings (SSSR count). The minimum absolute atomic E-state index is 0.112. The molecule has 1 fully saturated rings. The third kappa shape index (κ3) is 4.76. The Labute approximate surface area is 174 Å². The van der Waals surface area contributed by atoms with Crippen LogP contribution in [0.1, 0.15) is 44.5 Å². The molecule has 2 heterocycles. The van der Waals surface area contributed by atoms with E-state index in [2.05, 4.69) is 5.32 Å². The third-order valence-electron chi connectivity index (χ3n) is 4.65. The second-order valence-corrected chi connectivity index (χ2v) is 8.41. The SMILES string of the molecule is COC1=CNC(O[C@@H]2C[C@@H](C(=O)O)N(C(=O)OC(C)(C)C)C2)c2cc(Cl)ccc21. The molecule has 0 radical (unpaired) electrons. The summed E-state index contributed by atoms with van der Waals surface area (Å²) >= 11 is 6.15. The molecule has 9 heteroatoms. The molecule has 1 aromatic carbocycles. The first kappa shape index (κ1) is 21.3. The van der Waals surface area contributed by atoms with Gasteiger partial charge in [-0.15, -0.1) is 0 Å². The van der Waals surface area contributed by atoms with Crippen molar-refractivity contribution in [3.8, 4) is 0 Å². The van der Waals surface area contributed by atoms with Crippen molar-refractivity contribution in [3.05, 3.63) is 40.5 Å². The highest BCUT2D eigenvalue weighted by Crippen LogP contribution is 2.34. The van der Waals surface area contributed by atoms with Gasteiger partial charge in [0.15, 0.2) is 6.23 Å². The fourth-order valence-electron chi connectivity index (χ4n) is 3.42. The maximum absolute atomic E-state index is 12.5. The molecular formula is C20H25ClN2O6. The molecule has 1 saturated heterocycles. The highest BCUT2D eigenvalue weighted by Gasteiger charge is 2.43. The number of carbonyl (C=O) groups is 2. The minimum Gasteiger partial charge on any atom is -0.495 e. The summed E-state index contributed by atoms with van der Waals surface area (Å²) in [5.74, 6) is -0.453. The molecule has 0 saturated carbocycles. The van der Waals surface area contributed by atoms with Gasteiger partial charge in [-0.05, 0) is 39.0 Å². The Morgan fingerprint density at radius 2 is 2.03 bits per heavy atom. The number of hydrogen-bond acceptors (Lipinski definition) is 6. The van der Waals surface area contributed by atoms with Crippen molar-refractivity contribution in [2.75, 3.05) is 13.7 Å². The number of carbonyl (C=O) groups excluding carboxylic acids is 1. The number of rotatable bonds is 4. The number of carboxylic acids is 1. The summed E-state index contributed by atoms with van der Waals surface area (Å²) in [7, 11) is 1.57. The van der Waals surface area contributed by atoms with Gasteiger partial charge in [-0.2, -0.15) is 0 Å². The molecule has 158 valence electrons. The molecule has 2 aliphatic heterocycles. The zero-order valence-electron chi connectivity index (χ0n) is 16.8. The minimum atomic E-state index is -1.09. The maximum Gasteiger partial charge on any atom is 0.411 e. The summed E-state index contributed by atoms with van der Waals surface area (Å²) in [4.78, 5) is 25.3. The van der Waals surface area contributed by atoms with Gasteiger partial charge in [-0.1, -0.05) is 11.6 Å². The van der Waals surface area contributed by atoms with Gasteiger partial charge in [0.05, 0.1) is 19.8 Å². The Balaban J connectivity index is 1.77. The standard InChI is InChI=1S/C20H25ClN2O6/c1-20(2,3)29-19(26)23-10-12(8-15(23)18(24)25)28-17-14-7-11(21)5-6-13(14)16(27-4)9-22-17/h5-7,9,12,15,17,22H,8,10H2,1-4H3,(H,24,25)/t12-,15+,17?/m1/s1. The summed E-state index contributed by atoms with van der Waals surface area (Å²) in [5, 5.41) is 13.2. The Kier molecular flexibility index (Phi) is 5.95. The average Bonchev–Trinajstić information content (AvgIpc) is 3.05. The van der Waals surface area contributed by atoms with Crippen LogP contribution in [0.15, 0.2) is 24.4 Å². The molecule has 8 nitrogen and oxygen atoms in total. The highest BCUT2D eigenvalue weighted by atomic mass is 35.5. The number of halogens is 1. The molecule has 2 N–H and O–H groups in total. The van der Waals surface area contributed by atoms with E-state index in [0.29, 0.717) is 10.8 Å². The number of aliphatic carboxylic acids is 1. The van der Waals surface area contributed by atoms with E-state index in [0.717, 1.165) is 11.1 Å². The van der Waals surface area contributed by atoms with Crippen LogP contribution in [0.2, 0.25) is 5.02 Å². The van der Waals surface area contributed by atoms with Crippen LogP contribution in [0.4, 0.5) is 4.79 Å². The number of methoxy groups -OCH3 is 1. The second kappa shape index (κ2) is 8.12. The number of fused-ring (bicyclic) bond motifs is 1. The predicted octanol–water partition coefficient (Wildman–Crippen LogP) is 3.37. The first-order chi connectivity index (χ1) is 13.6. The Morgan fingerprint density at radius 1 is 1.31 bits per heavy atom. The van der Waals surface area contributed by atoms with Crippen LogP contribution < -0.4 is 5.32 Å². The monoisotopic (exact) mass is 424 g/mol. The lowest BCUT2D eigenvalue weighted by atomic mass is 10.0. The average molecular weight is 425 g/mol. The number of benzene rings is 1. The maximum atomic E-state index is 12.5. The van der Waals surface area contributed by atoms with E-state index in [1.807, 2.05) is 6.07 Å². The molecule has 3 atom stereocenters. The number of nitrogens with zero attached hydrogens (tertiary/aromatic N) is 1. The Bertz CT molecular complexity index is 835. The molecule has 0 spiro atoms. The zero-order valence-corrected chi connectivity index (χ0v) is 17.5. The summed E-state index contributed by atoms with van der Waals surface area (Å²) in [6, 6.07) is 4.36. The van der Waals surface area contributed by atoms with Gasteiger partial charge in [-0.3, -0.25) is 4.90 Å². The van der Waals surface area contributed by atoms with Crippen LogP contribution in [-0.2, 0) is 19.0 Å². The van der Waals surface area contributed by atoms with Gasteiger partial charge >= 0.3 is 12.1 Å². The smallest absolute Gasteiger partial charge is 0.411 e. The van der Waals surface area contributed by atoms with Crippen molar-refractivity contribution in [2.24, 2.45) is 0 Å². The van der Waals surface area contributed by atoms with Crippen molar-refractivity contribution >= 4 is 29.4 Å². The zero-order chi connectivity index (χ0) is 21.3. The van der Waals surface area contributed by atoms with Gasteiger partial charge in [0.1, 0.15) is 17.4 Å². The number of likely N-dealkylation sites (tertiary alicyclic amines) is 1. The van der Waals surface area contributed by atoms with Crippen LogP contribution >= 0.6 is 11.6 Å². The first-order valence-corrected chi connectivity index (χ1v) is 9.65. The molecule has 0 aromatic heterocycles. The van der Waals surface area contributed by atoms with E-state index in [-0.39, 0.29) is 13.0 Å². The highest BCUT2D eigenvalue weighted by molar-refractivity contribution is 6.30. The lowest BCUT2D eigenvalue weighted by Gasteiger charge is -2.29. The summed E-state index contributed by atoms with van der Waals surface area (Å²) in [6.45, 7) is 5.31. The molecule has 29 heavy (non-hydrogen) atoms. The second-order valence-electron chi connectivity index (χ2n) is 7.97. The van der Waals surface area contributed by atoms with E-state index in [9.17, 15) is 14.7 Å². The molecule has 1 unspecified atom stereocenters. The predicted molar refractivity (Wildman–Crippen MR) is 106 cm³/mol. The van der Waals surface area contributed by atoms with Crippen LogP contribution in [0, 0.1) is 0 Å². The van der Waals surface area contributed by atoms with Crippen molar-refractivity contribution in [1.82, 2.24) is 10.2 Å². The number of ether oxygens (including phenoxy) is 3. The number of amides is 1. The van der Waals surface area contributed by atoms with Gasteiger partial charge in [0.2, 0.25) is 0 Å². The summed E-state index contributed by atoms with van der Waals surface area (Å²) in [5.41, 5.74) is 0.887. The molecular weight excluding hydrogens is 400 g/mol.